The van der Waals surface area contributed by atoms with Crippen LogP contribution in [0.3, 0.4) is 0 Å². The minimum absolute atomic E-state index is 0.0223. The Morgan fingerprint density at radius 2 is 1.95 bits per heavy atom. The number of fused-ring (bicyclic) bond motifs is 1. The number of unbranched alkanes of at least 4 members (excludes halogenated alkanes) is 4. The quantitative estimate of drug-likeness (QED) is 0.730. The molecule has 116 valence electrons. The third kappa shape index (κ3) is 3.69. The lowest BCUT2D eigenvalue weighted by molar-refractivity contribution is 0.124. The summed E-state index contributed by atoms with van der Waals surface area (Å²) in [7, 11) is 0. The van der Waals surface area contributed by atoms with Gasteiger partial charge in [0.1, 0.15) is 11.8 Å². The Labute approximate surface area is 125 Å². The number of aromatic nitrogens is 4. The van der Waals surface area contributed by atoms with E-state index in [2.05, 4.69) is 21.9 Å². The number of nitrogen functional groups attached to an aromatic ring is 1. The van der Waals surface area contributed by atoms with Gasteiger partial charge in [0.2, 0.25) is 0 Å². The minimum Gasteiger partial charge on any atom is -0.391 e. The van der Waals surface area contributed by atoms with Crippen molar-refractivity contribution >= 4 is 17.0 Å². The molecule has 0 saturated carbocycles. The monoisotopic (exact) mass is 291 g/mol. The number of nitrogens with two attached hydrogens (primary N) is 1. The zero-order valence-corrected chi connectivity index (χ0v) is 12.9. The number of aliphatic hydroxyl groups is 1. The van der Waals surface area contributed by atoms with Crippen LogP contribution in [0.1, 0.15) is 58.4 Å². The van der Waals surface area contributed by atoms with E-state index in [1.807, 2.05) is 11.5 Å². The van der Waals surface area contributed by atoms with Crippen LogP contribution in [-0.4, -0.2) is 30.7 Å². The molecule has 2 aromatic rings. The van der Waals surface area contributed by atoms with E-state index in [9.17, 15) is 5.11 Å². The van der Waals surface area contributed by atoms with Crippen LogP contribution in [0.25, 0.3) is 11.2 Å². The van der Waals surface area contributed by atoms with Gasteiger partial charge in [-0.2, -0.15) is 0 Å². The fraction of sp³-hybridized carbons (Fsp3) is 0.667. The fourth-order valence-electron chi connectivity index (χ4n) is 2.68. The van der Waals surface area contributed by atoms with Crippen molar-refractivity contribution in [2.45, 2.75) is 64.5 Å². The Balaban J connectivity index is 2.11. The summed E-state index contributed by atoms with van der Waals surface area (Å²) in [6, 6.07) is -0.0223. The number of hydrogen-bond donors (Lipinski definition) is 2. The fourth-order valence-corrected chi connectivity index (χ4v) is 2.68. The summed E-state index contributed by atoms with van der Waals surface area (Å²) in [6.45, 7) is 4.02. The van der Waals surface area contributed by atoms with Crippen LogP contribution in [0.2, 0.25) is 0 Å². The van der Waals surface area contributed by atoms with Crippen molar-refractivity contribution < 1.29 is 5.11 Å². The first kappa shape index (κ1) is 15.7. The van der Waals surface area contributed by atoms with Crippen molar-refractivity contribution in [3.05, 3.63) is 12.7 Å². The first-order valence-corrected chi connectivity index (χ1v) is 7.76. The maximum Gasteiger partial charge on any atom is 0.165 e. The predicted molar refractivity (Wildman–Crippen MR) is 83.8 cm³/mol. The summed E-state index contributed by atoms with van der Waals surface area (Å²) in [5.41, 5.74) is 7.11. The Bertz CT molecular complexity index is 566. The Kier molecular flexibility index (Phi) is 5.50. The molecule has 0 aliphatic rings. The Morgan fingerprint density at radius 3 is 2.67 bits per heavy atom. The standard InChI is InChI=1S/C15H25N5O/c1-3-4-5-6-7-8-12(11(2)21)20-10-19-13-14(16)17-9-18-15(13)20/h9-12,21H,3-8H2,1-2H3,(H2,16,17,18). The van der Waals surface area contributed by atoms with Gasteiger partial charge in [-0.05, 0) is 13.3 Å². The highest BCUT2D eigenvalue weighted by Gasteiger charge is 2.20. The maximum absolute atomic E-state index is 10.1. The lowest BCUT2D eigenvalue weighted by atomic mass is 10.0. The summed E-state index contributed by atoms with van der Waals surface area (Å²) < 4.78 is 1.93. The summed E-state index contributed by atoms with van der Waals surface area (Å²) in [4.78, 5) is 12.5. The van der Waals surface area contributed by atoms with Crippen LogP contribution >= 0.6 is 0 Å². The van der Waals surface area contributed by atoms with Crippen LogP contribution in [0, 0.1) is 0 Å². The lowest BCUT2D eigenvalue weighted by Gasteiger charge is -2.21. The number of nitrogens with zero attached hydrogens (tertiary/aromatic N) is 4. The van der Waals surface area contributed by atoms with Crippen molar-refractivity contribution in [1.29, 1.82) is 0 Å². The average Bonchev–Trinajstić information content (AvgIpc) is 2.88. The molecule has 21 heavy (non-hydrogen) atoms. The van der Waals surface area contributed by atoms with Gasteiger partial charge in [0, 0.05) is 0 Å². The number of rotatable bonds is 8. The first-order valence-electron chi connectivity index (χ1n) is 7.76. The van der Waals surface area contributed by atoms with Gasteiger partial charge < -0.3 is 15.4 Å². The second-order valence-corrected chi connectivity index (χ2v) is 5.59. The van der Waals surface area contributed by atoms with Crippen LogP contribution in [0.15, 0.2) is 12.7 Å². The summed E-state index contributed by atoms with van der Waals surface area (Å²) >= 11 is 0. The molecule has 6 heteroatoms. The topological polar surface area (TPSA) is 89.8 Å². The van der Waals surface area contributed by atoms with E-state index < -0.39 is 6.10 Å². The van der Waals surface area contributed by atoms with Gasteiger partial charge in [-0.15, -0.1) is 0 Å². The van der Waals surface area contributed by atoms with Gasteiger partial charge in [0.15, 0.2) is 11.5 Å². The van der Waals surface area contributed by atoms with Gasteiger partial charge in [0.05, 0.1) is 18.5 Å². The second-order valence-electron chi connectivity index (χ2n) is 5.59. The SMILES string of the molecule is CCCCCCCC(C(C)O)n1cnc2c(N)ncnc21. The highest BCUT2D eigenvalue weighted by Crippen LogP contribution is 2.25. The second kappa shape index (κ2) is 7.36. The largest absolute Gasteiger partial charge is 0.391 e. The molecule has 6 nitrogen and oxygen atoms in total. The zero-order valence-electron chi connectivity index (χ0n) is 12.9. The molecular formula is C15H25N5O. The van der Waals surface area contributed by atoms with Crippen molar-refractivity contribution in [2.75, 3.05) is 5.73 Å². The third-order valence-corrected chi connectivity index (χ3v) is 3.90. The Hall–Kier alpha value is -1.69. The van der Waals surface area contributed by atoms with E-state index in [1.165, 1.54) is 32.0 Å². The van der Waals surface area contributed by atoms with Crippen LogP contribution in [0.4, 0.5) is 5.82 Å². The summed E-state index contributed by atoms with van der Waals surface area (Å²) in [6.07, 6.45) is 9.66. The van der Waals surface area contributed by atoms with Crippen molar-refractivity contribution in [1.82, 2.24) is 19.5 Å². The molecular weight excluding hydrogens is 266 g/mol. The molecule has 2 aromatic heterocycles. The van der Waals surface area contributed by atoms with Gasteiger partial charge in [0.25, 0.3) is 0 Å². The maximum atomic E-state index is 10.1. The molecule has 3 N–H and O–H groups in total. The Morgan fingerprint density at radius 1 is 1.19 bits per heavy atom. The average molecular weight is 291 g/mol. The van der Waals surface area contributed by atoms with E-state index in [1.54, 1.807) is 6.33 Å². The summed E-state index contributed by atoms with van der Waals surface area (Å²) in [5.74, 6) is 0.381. The molecule has 0 aliphatic heterocycles. The number of hydrogen-bond acceptors (Lipinski definition) is 5. The molecule has 0 amide bonds. The normalized spacial score (nSPS) is 14.4. The molecule has 2 unspecified atom stereocenters. The molecule has 0 fully saturated rings. The van der Waals surface area contributed by atoms with Gasteiger partial charge >= 0.3 is 0 Å². The van der Waals surface area contributed by atoms with Crippen molar-refractivity contribution in [2.24, 2.45) is 0 Å². The lowest BCUT2D eigenvalue weighted by Crippen LogP contribution is -2.21. The smallest absolute Gasteiger partial charge is 0.165 e. The van der Waals surface area contributed by atoms with Crippen molar-refractivity contribution in [3.8, 4) is 0 Å². The molecule has 2 atom stereocenters. The van der Waals surface area contributed by atoms with E-state index in [0.29, 0.717) is 17.0 Å². The third-order valence-electron chi connectivity index (χ3n) is 3.90. The number of aliphatic hydroxyl groups excluding tert-OH is 1. The van der Waals surface area contributed by atoms with Crippen LogP contribution in [0.5, 0.6) is 0 Å². The van der Waals surface area contributed by atoms with Gasteiger partial charge in [-0.1, -0.05) is 39.0 Å². The minimum atomic E-state index is -0.454. The molecule has 0 spiro atoms. The van der Waals surface area contributed by atoms with E-state index in [0.717, 1.165) is 12.8 Å². The predicted octanol–water partition coefficient (Wildman–Crippen LogP) is 2.69. The summed E-state index contributed by atoms with van der Waals surface area (Å²) in [5, 5.41) is 10.1. The molecule has 0 bridgehead atoms. The highest BCUT2D eigenvalue weighted by molar-refractivity contribution is 5.81. The highest BCUT2D eigenvalue weighted by atomic mass is 16.3. The molecule has 2 heterocycles. The molecule has 0 radical (unpaired) electrons. The van der Waals surface area contributed by atoms with E-state index in [-0.39, 0.29) is 6.04 Å². The van der Waals surface area contributed by atoms with Crippen LogP contribution in [-0.2, 0) is 0 Å². The van der Waals surface area contributed by atoms with Crippen LogP contribution < -0.4 is 5.73 Å². The molecule has 0 aromatic carbocycles. The van der Waals surface area contributed by atoms with E-state index >= 15 is 0 Å². The molecule has 0 aliphatic carbocycles. The first-order chi connectivity index (χ1) is 10.1. The molecule has 2 rings (SSSR count). The molecule has 0 saturated heterocycles. The number of imidazole rings is 1. The van der Waals surface area contributed by atoms with Gasteiger partial charge in [-0.25, -0.2) is 15.0 Å². The van der Waals surface area contributed by atoms with Gasteiger partial charge in [-0.3, -0.25) is 0 Å². The zero-order chi connectivity index (χ0) is 15.2. The van der Waals surface area contributed by atoms with E-state index in [4.69, 9.17) is 5.73 Å². The van der Waals surface area contributed by atoms with Crippen molar-refractivity contribution in [3.63, 3.8) is 0 Å². The number of anilines is 1.